The van der Waals surface area contributed by atoms with Crippen LogP contribution in [-0.4, -0.2) is 17.6 Å². The lowest BCUT2D eigenvalue weighted by molar-refractivity contribution is -0.142. The maximum Gasteiger partial charge on any atom is 0.312 e. The molecule has 0 aliphatic rings. The zero-order valence-corrected chi connectivity index (χ0v) is 12.2. The summed E-state index contributed by atoms with van der Waals surface area (Å²) >= 11 is 1.50. The van der Waals surface area contributed by atoms with Gasteiger partial charge in [0.1, 0.15) is 5.01 Å². The molecule has 0 saturated carbocycles. The Morgan fingerprint density at radius 1 is 1.37 bits per heavy atom. The van der Waals surface area contributed by atoms with Crippen LogP contribution in [0.2, 0.25) is 0 Å². The predicted octanol–water partition coefficient (Wildman–Crippen LogP) is 3.53. The van der Waals surface area contributed by atoms with Crippen molar-refractivity contribution >= 4 is 17.3 Å². The van der Waals surface area contributed by atoms with E-state index in [4.69, 9.17) is 4.74 Å². The molecule has 0 amide bonds. The summed E-state index contributed by atoms with van der Waals surface area (Å²) in [5.41, 5.74) is 4.50. The lowest BCUT2D eigenvalue weighted by Crippen LogP contribution is -2.07. The van der Waals surface area contributed by atoms with Gasteiger partial charge in [-0.1, -0.05) is 23.8 Å². The molecule has 2 rings (SSSR count). The molecule has 2 aromatic rings. The number of rotatable bonds is 4. The summed E-state index contributed by atoms with van der Waals surface area (Å²) in [6.07, 6.45) is 0.253. The number of aromatic nitrogens is 1. The largest absolute Gasteiger partial charge is 0.466 e. The number of nitrogens with zero attached hydrogens (tertiary/aromatic N) is 1. The van der Waals surface area contributed by atoms with Crippen molar-refractivity contribution in [1.82, 2.24) is 4.98 Å². The highest BCUT2D eigenvalue weighted by molar-refractivity contribution is 7.10. The molecular formula is C15H17NO2S. The number of thiazole rings is 1. The maximum atomic E-state index is 11.4. The molecule has 0 atom stereocenters. The van der Waals surface area contributed by atoms with Crippen LogP contribution in [0.4, 0.5) is 0 Å². The molecule has 0 bridgehead atoms. The molecule has 1 aromatic heterocycles. The monoisotopic (exact) mass is 275 g/mol. The molecule has 0 aliphatic heterocycles. The highest BCUT2D eigenvalue weighted by Gasteiger charge is 2.11. The summed E-state index contributed by atoms with van der Waals surface area (Å²) in [5.74, 6) is -0.218. The van der Waals surface area contributed by atoms with E-state index in [2.05, 4.69) is 37.0 Å². The average Bonchev–Trinajstić information content (AvgIpc) is 2.77. The molecule has 0 spiro atoms. The Morgan fingerprint density at radius 2 is 2.16 bits per heavy atom. The minimum atomic E-state index is -0.218. The molecule has 0 fully saturated rings. The van der Waals surface area contributed by atoms with Gasteiger partial charge in [-0.2, -0.15) is 0 Å². The van der Waals surface area contributed by atoms with E-state index in [-0.39, 0.29) is 12.4 Å². The Morgan fingerprint density at radius 3 is 2.84 bits per heavy atom. The fraction of sp³-hybridized carbons (Fsp3) is 0.333. The predicted molar refractivity (Wildman–Crippen MR) is 77.4 cm³/mol. The van der Waals surface area contributed by atoms with Gasteiger partial charge in [0.15, 0.2) is 0 Å². The molecule has 1 heterocycles. The van der Waals surface area contributed by atoms with Gasteiger partial charge in [0.05, 0.1) is 18.7 Å². The smallest absolute Gasteiger partial charge is 0.312 e. The average molecular weight is 275 g/mol. The normalized spacial score (nSPS) is 10.5. The second-order valence-electron chi connectivity index (χ2n) is 4.43. The molecule has 0 aliphatic carbocycles. The summed E-state index contributed by atoms with van der Waals surface area (Å²) in [6.45, 7) is 6.37. The summed E-state index contributed by atoms with van der Waals surface area (Å²) < 4.78 is 4.93. The first kappa shape index (κ1) is 13.7. The summed E-state index contributed by atoms with van der Waals surface area (Å²) in [7, 11) is 0. The second kappa shape index (κ2) is 5.97. The molecular weight excluding hydrogens is 258 g/mol. The van der Waals surface area contributed by atoms with Gasteiger partial charge in [-0.25, -0.2) is 4.98 Å². The van der Waals surface area contributed by atoms with Gasteiger partial charge >= 0.3 is 5.97 Å². The lowest BCUT2D eigenvalue weighted by Gasteiger charge is -2.03. The van der Waals surface area contributed by atoms with Crippen molar-refractivity contribution in [3.63, 3.8) is 0 Å². The summed E-state index contributed by atoms with van der Waals surface area (Å²) in [4.78, 5) is 15.9. The van der Waals surface area contributed by atoms with E-state index in [9.17, 15) is 4.79 Å². The van der Waals surface area contributed by atoms with Gasteiger partial charge in [-0.15, -0.1) is 11.3 Å². The van der Waals surface area contributed by atoms with Crippen LogP contribution < -0.4 is 0 Å². The zero-order valence-electron chi connectivity index (χ0n) is 11.4. The summed E-state index contributed by atoms with van der Waals surface area (Å²) in [6, 6.07) is 6.29. The van der Waals surface area contributed by atoms with Gasteiger partial charge in [0.25, 0.3) is 0 Å². The SMILES string of the molecule is CCOC(=O)Cc1nc(-c2ccc(C)cc2C)cs1. The van der Waals surface area contributed by atoms with Crippen LogP contribution in [0.1, 0.15) is 23.1 Å². The van der Waals surface area contributed by atoms with Crippen molar-refractivity contribution in [1.29, 1.82) is 0 Å². The van der Waals surface area contributed by atoms with Crippen molar-refractivity contribution in [2.45, 2.75) is 27.2 Å². The standard InChI is InChI=1S/C15H17NO2S/c1-4-18-15(17)8-14-16-13(9-19-14)12-6-5-10(2)7-11(12)3/h5-7,9H,4,8H2,1-3H3. The minimum absolute atomic E-state index is 0.218. The summed E-state index contributed by atoms with van der Waals surface area (Å²) in [5, 5.41) is 2.79. The first-order valence-electron chi connectivity index (χ1n) is 6.27. The van der Waals surface area contributed by atoms with Gasteiger partial charge < -0.3 is 4.74 Å². The van der Waals surface area contributed by atoms with Gasteiger partial charge in [0.2, 0.25) is 0 Å². The Hall–Kier alpha value is -1.68. The Kier molecular flexibility index (Phi) is 4.32. The van der Waals surface area contributed by atoms with Gasteiger partial charge in [-0.3, -0.25) is 4.79 Å². The van der Waals surface area contributed by atoms with Crippen molar-refractivity contribution in [2.24, 2.45) is 0 Å². The van der Waals surface area contributed by atoms with E-state index < -0.39 is 0 Å². The van der Waals surface area contributed by atoms with Gasteiger partial charge in [0, 0.05) is 10.9 Å². The van der Waals surface area contributed by atoms with E-state index in [1.165, 1.54) is 22.5 Å². The topological polar surface area (TPSA) is 39.2 Å². The Balaban J connectivity index is 2.18. The van der Waals surface area contributed by atoms with Crippen LogP contribution in [0, 0.1) is 13.8 Å². The zero-order chi connectivity index (χ0) is 13.8. The molecule has 3 nitrogen and oxygen atoms in total. The van der Waals surface area contributed by atoms with Crippen molar-refractivity contribution in [2.75, 3.05) is 6.61 Å². The van der Waals surface area contributed by atoms with Crippen molar-refractivity contribution < 1.29 is 9.53 Å². The number of benzene rings is 1. The van der Waals surface area contributed by atoms with E-state index >= 15 is 0 Å². The molecule has 0 N–H and O–H groups in total. The van der Waals surface area contributed by atoms with Crippen LogP contribution >= 0.6 is 11.3 Å². The van der Waals surface area contributed by atoms with Gasteiger partial charge in [-0.05, 0) is 26.3 Å². The van der Waals surface area contributed by atoms with Crippen molar-refractivity contribution in [3.05, 3.63) is 39.7 Å². The van der Waals surface area contributed by atoms with Crippen LogP contribution in [0.3, 0.4) is 0 Å². The fourth-order valence-electron chi connectivity index (χ4n) is 1.95. The molecule has 19 heavy (non-hydrogen) atoms. The first-order valence-corrected chi connectivity index (χ1v) is 7.15. The minimum Gasteiger partial charge on any atom is -0.466 e. The molecule has 1 aromatic carbocycles. The number of hydrogen-bond acceptors (Lipinski definition) is 4. The lowest BCUT2D eigenvalue weighted by atomic mass is 10.0. The molecule has 0 unspecified atom stereocenters. The third-order valence-electron chi connectivity index (χ3n) is 2.81. The van der Waals surface area contributed by atoms with E-state index in [1.807, 2.05) is 5.38 Å². The molecule has 4 heteroatoms. The quantitative estimate of drug-likeness (QED) is 0.801. The fourth-order valence-corrected chi connectivity index (χ4v) is 2.73. The van der Waals surface area contributed by atoms with E-state index in [0.717, 1.165) is 16.3 Å². The Bertz CT molecular complexity index is 590. The number of carbonyl (C=O) groups excluding carboxylic acids is 1. The Labute approximate surface area is 117 Å². The molecule has 0 radical (unpaired) electrons. The van der Waals surface area contributed by atoms with Crippen LogP contribution in [0.15, 0.2) is 23.6 Å². The highest BCUT2D eigenvalue weighted by atomic mass is 32.1. The third-order valence-corrected chi connectivity index (χ3v) is 3.66. The van der Waals surface area contributed by atoms with Crippen molar-refractivity contribution in [3.8, 4) is 11.3 Å². The second-order valence-corrected chi connectivity index (χ2v) is 5.37. The number of esters is 1. The number of aryl methyl sites for hydroxylation is 2. The number of hydrogen-bond donors (Lipinski definition) is 0. The van der Waals surface area contributed by atoms with E-state index in [1.54, 1.807) is 6.92 Å². The molecule has 100 valence electrons. The van der Waals surface area contributed by atoms with Crippen LogP contribution in [0.25, 0.3) is 11.3 Å². The van der Waals surface area contributed by atoms with Crippen LogP contribution in [0.5, 0.6) is 0 Å². The van der Waals surface area contributed by atoms with Crippen LogP contribution in [-0.2, 0) is 16.0 Å². The maximum absolute atomic E-state index is 11.4. The number of carbonyl (C=O) groups is 1. The third kappa shape index (κ3) is 3.41. The first-order chi connectivity index (χ1) is 9.10. The molecule has 0 saturated heterocycles. The highest BCUT2D eigenvalue weighted by Crippen LogP contribution is 2.26. The number of ether oxygens (including phenoxy) is 1. The van der Waals surface area contributed by atoms with E-state index in [0.29, 0.717) is 6.61 Å².